The number of hydrogen-bond donors (Lipinski definition) is 2. The molecule has 0 spiro atoms. The van der Waals surface area contributed by atoms with Gasteiger partial charge < -0.3 is 15.3 Å². The second kappa shape index (κ2) is 6.97. The summed E-state index contributed by atoms with van der Waals surface area (Å²) in [6.07, 6.45) is 13.4. The molecule has 3 rings (SSSR count). The first kappa shape index (κ1) is 15.8. The van der Waals surface area contributed by atoms with Crippen LogP contribution in [0.3, 0.4) is 0 Å². The van der Waals surface area contributed by atoms with Gasteiger partial charge in [-0.15, -0.1) is 0 Å². The van der Waals surface area contributed by atoms with Gasteiger partial charge in [0.1, 0.15) is 0 Å². The average molecular weight is 294 g/mol. The summed E-state index contributed by atoms with van der Waals surface area (Å²) in [6, 6.07) is 0.703. The van der Waals surface area contributed by atoms with Crippen molar-refractivity contribution < 1.29 is 5.11 Å². The smallest absolute Gasteiger partial charge is 0.0616 e. The Morgan fingerprint density at radius 1 is 1.10 bits per heavy atom. The summed E-state index contributed by atoms with van der Waals surface area (Å²) in [6.45, 7) is 2.82. The summed E-state index contributed by atoms with van der Waals surface area (Å²) in [5.74, 6) is 1.62. The van der Waals surface area contributed by atoms with Crippen molar-refractivity contribution in [3.8, 4) is 0 Å². The molecule has 0 radical (unpaired) electrons. The van der Waals surface area contributed by atoms with E-state index < -0.39 is 0 Å². The van der Waals surface area contributed by atoms with Gasteiger partial charge in [-0.3, -0.25) is 0 Å². The maximum atomic E-state index is 9.98. The molecule has 0 aromatic rings. The van der Waals surface area contributed by atoms with Gasteiger partial charge in [0.15, 0.2) is 0 Å². The third-order valence-corrected chi connectivity index (χ3v) is 6.21. The van der Waals surface area contributed by atoms with E-state index in [1.54, 1.807) is 0 Å². The van der Waals surface area contributed by atoms with E-state index in [-0.39, 0.29) is 5.54 Å². The summed E-state index contributed by atoms with van der Waals surface area (Å²) in [5.41, 5.74) is 0.0510. The summed E-state index contributed by atoms with van der Waals surface area (Å²) in [4.78, 5) is 2.55. The Morgan fingerprint density at radius 3 is 2.52 bits per heavy atom. The SMILES string of the molecule is CN(CCC1CCCC1(CO)NC1CC1)CC1CCCC1. The van der Waals surface area contributed by atoms with Crippen LogP contribution in [0.15, 0.2) is 0 Å². The molecule has 3 fully saturated rings. The predicted molar refractivity (Wildman–Crippen MR) is 87.4 cm³/mol. The summed E-state index contributed by atoms with van der Waals surface area (Å²) < 4.78 is 0. The molecule has 3 heteroatoms. The highest BCUT2D eigenvalue weighted by atomic mass is 16.3. The van der Waals surface area contributed by atoms with E-state index in [1.165, 1.54) is 77.3 Å². The van der Waals surface area contributed by atoms with Crippen molar-refractivity contribution in [2.45, 2.75) is 75.8 Å². The van der Waals surface area contributed by atoms with Crippen LogP contribution < -0.4 is 5.32 Å². The summed E-state index contributed by atoms with van der Waals surface area (Å²) in [5, 5.41) is 13.8. The largest absolute Gasteiger partial charge is 0.394 e. The highest BCUT2D eigenvalue weighted by Gasteiger charge is 2.44. The van der Waals surface area contributed by atoms with Gasteiger partial charge in [-0.2, -0.15) is 0 Å². The van der Waals surface area contributed by atoms with Gasteiger partial charge in [-0.1, -0.05) is 19.3 Å². The van der Waals surface area contributed by atoms with Crippen molar-refractivity contribution in [3.05, 3.63) is 0 Å². The lowest BCUT2D eigenvalue weighted by molar-refractivity contribution is 0.110. The van der Waals surface area contributed by atoms with E-state index in [0.717, 1.165) is 5.92 Å². The van der Waals surface area contributed by atoms with E-state index in [4.69, 9.17) is 0 Å². The minimum absolute atomic E-state index is 0.0510. The zero-order valence-electron chi connectivity index (χ0n) is 13.8. The van der Waals surface area contributed by atoms with Crippen LogP contribution in [0.1, 0.15) is 64.2 Å². The maximum absolute atomic E-state index is 9.98. The molecule has 3 aliphatic rings. The second-order valence-electron chi connectivity index (χ2n) is 8.02. The lowest BCUT2D eigenvalue weighted by Gasteiger charge is -2.36. The van der Waals surface area contributed by atoms with Gasteiger partial charge >= 0.3 is 0 Å². The second-order valence-corrected chi connectivity index (χ2v) is 8.02. The number of rotatable bonds is 8. The van der Waals surface area contributed by atoms with Gasteiger partial charge in [0, 0.05) is 18.1 Å². The Hall–Kier alpha value is -0.120. The lowest BCUT2D eigenvalue weighted by atomic mass is 9.85. The topological polar surface area (TPSA) is 35.5 Å². The number of nitrogens with zero attached hydrogens (tertiary/aromatic N) is 1. The molecule has 0 aromatic heterocycles. The zero-order chi connectivity index (χ0) is 14.7. The molecule has 0 aliphatic heterocycles. The lowest BCUT2D eigenvalue weighted by Crippen LogP contribution is -2.53. The molecule has 2 atom stereocenters. The van der Waals surface area contributed by atoms with Crippen LogP contribution in [0.2, 0.25) is 0 Å². The molecule has 3 nitrogen and oxygen atoms in total. The van der Waals surface area contributed by atoms with Crippen LogP contribution >= 0.6 is 0 Å². The maximum Gasteiger partial charge on any atom is 0.0616 e. The number of nitrogens with one attached hydrogen (secondary N) is 1. The van der Waals surface area contributed by atoms with E-state index >= 15 is 0 Å². The third-order valence-electron chi connectivity index (χ3n) is 6.21. The highest BCUT2D eigenvalue weighted by Crippen LogP contribution is 2.40. The molecule has 2 N–H and O–H groups in total. The fourth-order valence-electron chi connectivity index (χ4n) is 4.74. The van der Waals surface area contributed by atoms with E-state index in [9.17, 15) is 5.11 Å². The molecular formula is C18H34N2O. The molecule has 122 valence electrons. The van der Waals surface area contributed by atoms with Crippen LogP contribution in [0, 0.1) is 11.8 Å². The molecule has 0 aromatic carbocycles. The van der Waals surface area contributed by atoms with Gasteiger partial charge in [0.05, 0.1) is 6.61 Å². The van der Waals surface area contributed by atoms with Crippen LogP contribution in [0.4, 0.5) is 0 Å². The Kier molecular flexibility index (Phi) is 5.23. The van der Waals surface area contributed by atoms with Crippen LogP contribution in [0.5, 0.6) is 0 Å². The fourth-order valence-corrected chi connectivity index (χ4v) is 4.74. The molecule has 3 saturated carbocycles. The van der Waals surface area contributed by atoms with E-state index in [1.807, 2.05) is 0 Å². The number of aliphatic hydroxyl groups is 1. The number of aliphatic hydroxyl groups excluding tert-OH is 1. The zero-order valence-corrected chi connectivity index (χ0v) is 13.8. The molecule has 21 heavy (non-hydrogen) atoms. The Labute approximate surface area is 130 Å². The standard InChI is InChI=1S/C18H34N2O/c1-20(13-15-5-2-3-6-15)12-10-16-7-4-11-18(16,14-21)19-17-8-9-17/h15-17,19,21H,2-14H2,1H3. The van der Waals surface area contributed by atoms with Crippen molar-refractivity contribution in [1.29, 1.82) is 0 Å². The van der Waals surface area contributed by atoms with Crippen molar-refractivity contribution in [1.82, 2.24) is 10.2 Å². The number of hydrogen-bond acceptors (Lipinski definition) is 3. The molecule has 3 aliphatic carbocycles. The van der Waals surface area contributed by atoms with Crippen molar-refractivity contribution in [2.24, 2.45) is 11.8 Å². The molecule has 2 unspecified atom stereocenters. The van der Waals surface area contributed by atoms with Gasteiger partial charge in [-0.05, 0) is 70.4 Å². The average Bonchev–Trinajstić information content (AvgIpc) is 2.98. The summed E-state index contributed by atoms with van der Waals surface area (Å²) >= 11 is 0. The Morgan fingerprint density at radius 2 is 1.86 bits per heavy atom. The minimum Gasteiger partial charge on any atom is -0.394 e. The van der Waals surface area contributed by atoms with Crippen molar-refractivity contribution in [3.63, 3.8) is 0 Å². The van der Waals surface area contributed by atoms with Crippen molar-refractivity contribution >= 4 is 0 Å². The monoisotopic (exact) mass is 294 g/mol. The molecule has 0 heterocycles. The van der Waals surface area contributed by atoms with E-state index in [2.05, 4.69) is 17.3 Å². The molecular weight excluding hydrogens is 260 g/mol. The first-order chi connectivity index (χ1) is 10.2. The minimum atomic E-state index is 0.0510. The molecule has 0 bridgehead atoms. The molecule has 0 amide bonds. The van der Waals surface area contributed by atoms with Crippen LogP contribution in [-0.2, 0) is 0 Å². The van der Waals surface area contributed by atoms with Gasteiger partial charge in [0.2, 0.25) is 0 Å². The third kappa shape index (κ3) is 4.00. The first-order valence-electron chi connectivity index (χ1n) is 9.29. The van der Waals surface area contributed by atoms with Crippen molar-refractivity contribution in [2.75, 3.05) is 26.7 Å². The Bertz CT molecular complexity index is 325. The van der Waals surface area contributed by atoms with Crippen LogP contribution in [-0.4, -0.2) is 48.3 Å². The summed E-state index contributed by atoms with van der Waals surface area (Å²) in [7, 11) is 2.29. The predicted octanol–water partition coefficient (Wildman–Crippen LogP) is 2.78. The first-order valence-corrected chi connectivity index (χ1v) is 9.29. The van der Waals surface area contributed by atoms with Gasteiger partial charge in [-0.25, -0.2) is 0 Å². The Balaban J connectivity index is 1.46. The van der Waals surface area contributed by atoms with Crippen LogP contribution in [0.25, 0.3) is 0 Å². The normalized spacial score (nSPS) is 34.1. The fraction of sp³-hybridized carbons (Fsp3) is 1.00. The highest BCUT2D eigenvalue weighted by molar-refractivity contribution is 5.03. The van der Waals surface area contributed by atoms with E-state index in [0.29, 0.717) is 18.6 Å². The quantitative estimate of drug-likeness (QED) is 0.722. The van der Waals surface area contributed by atoms with Gasteiger partial charge in [0.25, 0.3) is 0 Å². The molecule has 0 saturated heterocycles.